The molecule has 0 radical (unpaired) electrons. The molecule has 1 N–H and O–H groups in total. The van der Waals surface area contributed by atoms with Gasteiger partial charge >= 0.3 is 0 Å². The molecule has 3 aromatic carbocycles. The van der Waals surface area contributed by atoms with E-state index in [2.05, 4.69) is 44.2 Å². The van der Waals surface area contributed by atoms with E-state index in [1.54, 1.807) is 7.11 Å². The van der Waals surface area contributed by atoms with Crippen molar-refractivity contribution in [3.8, 4) is 11.5 Å². The zero-order valence-corrected chi connectivity index (χ0v) is 18.8. The minimum atomic E-state index is -0.784. The Balaban J connectivity index is 1.84. The van der Waals surface area contributed by atoms with Gasteiger partial charge in [0, 0.05) is 11.5 Å². The topological polar surface area (TPSA) is 38.7 Å². The van der Waals surface area contributed by atoms with E-state index < -0.39 is 6.10 Å². The van der Waals surface area contributed by atoms with Crippen molar-refractivity contribution < 1.29 is 14.6 Å². The maximum Gasteiger partial charge on any atom is 0.135 e. The highest BCUT2D eigenvalue weighted by Gasteiger charge is 2.31. The molecule has 2 unspecified atom stereocenters. The standard InChI is InChI=1S/C28H30O3/c1-18-11-12-21(17-19(18)2)25(20-9-7-6-8-10-20)26(29)23-13-14-24-22(27(23)30-5)15-16-28(3,4)31-24/h6-17,25-26,29H,1-5H3. The van der Waals surface area contributed by atoms with Gasteiger partial charge in [0.05, 0.1) is 18.8 Å². The van der Waals surface area contributed by atoms with E-state index in [0.717, 1.165) is 28.0 Å². The second kappa shape index (κ2) is 8.24. The molecule has 160 valence electrons. The normalized spacial score (nSPS) is 16.2. The zero-order valence-electron chi connectivity index (χ0n) is 18.8. The van der Waals surface area contributed by atoms with Gasteiger partial charge in [-0.05, 0) is 74.2 Å². The van der Waals surface area contributed by atoms with E-state index >= 15 is 0 Å². The predicted octanol–water partition coefficient (Wildman–Crippen LogP) is 6.36. The molecule has 2 atom stereocenters. The maximum absolute atomic E-state index is 11.7. The van der Waals surface area contributed by atoms with Crippen LogP contribution in [-0.4, -0.2) is 17.8 Å². The lowest BCUT2D eigenvalue weighted by atomic mass is 9.82. The number of rotatable bonds is 5. The Labute approximate surface area is 185 Å². The summed E-state index contributed by atoms with van der Waals surface area (Å²) in [6.07, 6.45) is 3.26. The van der Waals surface area contributed by atoms with Crippen LogP contribution in [0.25, 0.3) is 6.08 Å². The van der Waals surface area contributed by atoms with Gasteiger partial charge in [-0.2, -0.15) is 0 Å². The average Bonchev–Trinajstić information content (AvgIpc) is 2.75. The number of aliphatic hydroxyl groups is 1. The molecule has 0 bridgehead atoms. The fraction of sp³-hybridized carbons (Fsp3) is 0.286. The number of benzene rings is 3. The van der Waals surface area contributed by atoms with Gasteiger partial charge in [0.15, 0.2) is 0 Å². The molecule has 0 fully saturated rings. The smallest absolute Gasteiger partial charge is 0.135 e. The van der Waals surface area contributed by atoms with Crippen molar-refractivity contribution in [2.24, 2.45) is 0 Å². The molecule has 0 aromatic heterocycles. The van der Waals surface area contributed by atoms with Crippen molar-refractivity contribution in [1.29, 1.82) is 0 Å². The highest BCUT2D eigenvalue weighted by Crippen LogP contribution is 2.45. The molecular weight excluding hydrogens is 384 g/mol. The number of methoxy groups -OCH3 is 1. The molecule has 3 aromatic rings. The summed E-state index contributed by atoms with van der Waals surface area (Å²) in [4.78, 5) is 0. The molecule has 1 aliphatic rings. The minimum absolute atomic E-state index is 0.225. The second-order valence-corrected chi connectivity index (χ2v) is 8.82. The Hall–Kier alpha value is -3.04. The molecular formula is C28H30O3. The van der Waals surface area contributed by atoms with Crippen molar-refractivity contribution in [2.45, 2.75) is 45.3 Å². The molecule has 4 rings (SSSR count). The van der Waals surface area contributed by atoms with Crippen LogP contribution < -0.4 is 9.47 Å². The first kappa shape index (κ1) is 21.2. The summed E-state index contributed by atoms with van der Waals surface area (Å²) in [5.74, 6) is 1.20. The van der Waals surface area contributed by atoms with E-state index in [1.807, 2.05) is 56.3 Å². The van der Waals surface area contributed by atoms with Crippen molar-refractivity contribution >= 4 is 6.08 Å². The largest absolute Gasteiger partial charge is 0.496 e. The first-order valence-electron chi connectivity index (χ1n) is 10.7. The van der Waals surface area contributed by atoms with E-state index in [1.165, 1.54) is 11.1 Å². The van der Waals surface area contributed by atoms with E-state index in [9.17, 15) is 5.11 Å². The quantitative estimate of drug-likeness (QED) is 0.528. The Bertz CT molecular complexity index is 1110. The van der Waals surface area contributed by atoms with Gasteiger partial charge in [-0.25, -0.2) is 0 Å². The van der Waals surface area contributed by atoms with Crippen LogP contribution in [0.2, 0.25) is 0 Å². The van der Waals surface area contributed by atoms with Gasteiger partial charge in [-0.1, -0.05) is 48.5 Å². The Morgan fingerprint density at radius 2 is 1.65 bits per heavy atom. The third-order valence-corrected chi connectivity index (χ3v) is 6.10. The van der Waals surface area contributed by atoms with Crippen LogP contribution in [0.5, 0.6) is 11.5 Å². The fourth-order valence-electron chi connectivity index (χ4n) is 4.26. The first-order chi connectivity index (χ1) is 14.8. The van der Waals surface area contributed by atoms with Gasteiger partial charge in [0.25, 0.3) is 0 Å². The Morgan fingerprint density at radius 1 is 0.903 bits per heavy atom. The third kappa shape index (κ3) is 4.11. The van der Waals surface area contributed by atoms with Gasteiger partial charge in [0.1, 0.15) is 17.1 Å². The number of aryl methyl sites for hydroxylation is 2. The van der Waals surface area contributed by atoms with Gasteiger partial charge in [-0.15, -0.1) is 0 Å². The van der Waals surface area contributed by atoms with Crippen LogP contribution in [0.1, 0.15) is 59.3 Å². The lowest BCUT2D eigenvalue weighted by molar-refractivity contribution is 0.150. The van der Waals surface area contributed by atoms with Crippen LogP contribution >= 0.6 is 0 Å². The highest BCUT2D eigenvalue weighted by atomic mass is 16.5. The number of hydrogen-bond donors (Lipinski definition) is 1. The van der Waals surface area contributed by atoms with Gasteiger partial charge in [-0.3, -0.25) is 0 Å². The predicted molar refractivity (Wildman–Crippen MR) is 126 cm³/mol. The number of fused-ring (bicyclic) bond motifs is 1. The molecule has 3 nitrogen and oxygen atoms in total. The van der Waals surface area contributed by atoms with E-state index in [4.69, 9.17) is 9.47 Å². The van der Waals surface area contributed by atoms with E-state index in [0.29, 0.717) is 5.75 Å². The summed E-state index contributed by atoms with van der Waals surface area (Å²) in [7, 11) is 1.65. The van der Waals surface area contributed by atoms with Crippen molar-refractivity contribution in [2.75, 3.05) is 7.11 Å². The van der Waals surface area contributed by atoms with Crippen molar-refractivity contribution in [1.82, 2.24) is 0 Å². The van der Waals surface area contributed by atoms with Crippen LogP contribution in [0.3, 0.4) is 0 Å². The SMILES string of the molecule is COc1c(C(O)C(c2ccccc2)c2ccc(C)c(C)c2)ccc2c1C=CC(C)(C)O2. The van der Waals surface area contributed by atoms with Gasteiger partial charge in [0.2, 0.25) is 0 Å². The minimum Gasteiger partial charge on any atom is -0.496 e. The molecule has 3 heteroatoms. The molecule has 0 aliphatic carbocycles. The highest BCUT2D eigenvalue weighted by molar-refractivity contribution is 5.69. The molecule has 31 heavy (non-hydrogen) atoms. The summed E-state index contributed by atoms with van der Waals surface area (Å²) in [5, 5.41) is 11.7. The lowest BCUT2D eigenvalue weighted by Gasteiger charge is -2.31. The van der Waals surface area contributed by atoms with Gasteiger partial charge < -0.3 is 14.6 Å². The van der Waals surface area contributed by atoms with Crippen LogP contribution in [0, 0.1) is 13.8 Å². The third-order valence-electron chi connectivity index (χ3n) is 6.10. The summed E-state index contributed by atoms with van der Waals surface area (Å²) in [6, 6.07) is 20.4. The first-order valence-corrected chi connectivity index (χ1v) is 10.7. The molecule has 1 heterocycles. The number of aliphatic hydroxyl groups excluding tert-OH is 1. The number of ether oxygens (including phenoxy) is 2. The summed E-state index contributed by atoms with van der Waals surface area (Å²) in [6.45, 7) is 8.25. The van der Waals surface area contributed by atoms with Crippen LogP contribution in [0.4, 0.5) is 0 Å². The van der Waals surface area contributed by atoms with Crippen molar-refractivity contribution in [3.05, 3.63) is 100 Å². The molecule has 0 saturated heterocycles. The lowest BCUT2D eigenvalue weighted by Crippen LogP contribution is -2.27. The van der Waals surface area contributed by atoms with Crippen molar-refractivity contribution in [3.63, 3.8) is 0 Å². The monoisotopic (exact) mass is 414 g/mol. The second-order valence-electron chi connectivity index (χ2n) is 8.82. The zero-order chi connectivity index (χ0) is 22.2. The van der Waals surface area contributed by atoms with Crippen LogP contribution in [-0.2, 0) is 0 Å². The van der Waals surface area contributed by atoms with Crippen LogP contribution in [0.15, 0.2) is 66.7 Å². The summed E-state index contributed by atoms with van der Waals surface area (Å²) < 4.78 is 11.9. The number of hydrogen-bond acceptors (Lipinski definition) is 3. The average molecular weight is 415 g/mol. The maximum atomic E-state index is 11.7. The molecule has 1 aliphatic heterocycles. The fourth-order valence-corrected chi connectivity index (χ4v) is 4.26. The molecule has 0 saturated carbocycles. The molecule has 0 amide bonds. The summed E-state index contributed by atoms with van der Waals surface area (Å²) >= 11 is 0. The molecule has 0 spiro atoms. The Kier molecular flexibility index (Phi) is 5.63. The summed E-state index contributed by atoms with van der Waals surface area (Å²) in [5.41, 5.74) is 5.83. The van der Waals surface area contributed by atoms with E-state index in [-0.39, 0.29) is 11.5 Å². The Morgan fingerprint density at radius 3 is 2.32 bits per heavy atom.